The second-order valence-electron chi connectivity index (χ2n) is 3.41. The normalized spacial score (nSPS) is 10.4. The molecule has 0 aliphatic carbocycles. The standard InChI is InChI=1S/C11H9ClIN3O2/c12-7-2-1-6(4-14)8(3-7)18-11-9(13)10(17)15-5-16-11/h1-3,5H,4,14H2,(H,15,16,17). The highest BCUT2D eigenvalue weighted by Gasteiger charge is 2.10. The zero-order valence-electron chi connectivity index (χ0n) is 9.11. The molecule has 0 bridgehead atoms. The lowest BCUT2D eigenvalue weighted by atomic mass is 10.2. The van der Waals surface area contributed by atoms with Crippen LogP contribution in [0.1, 0.15) is 5.56 Å². The molecular weight excluding hydrogens is 368 g/mol. The highest BCUT2D eigenvalue weighted by Crippen LogP contribution is 2.28. The summed E-state index contributed by atoms with van der Waals surface area (Å²) in [6.07, 6.45) is 1.28. The number of hydrogen-bond acceptors (Lipinski definition) is 4. The van der Waals surface area contributed by atoms with E-state index in [0.29, 0.717) is 20.9 Å². The third-order valence-electron chi connectivity index (χ3n) is 2.22. The number of hydrogen-bond donors (Lipinski definition) is 2. The number of H-pyrrole nitrogens is 1. The third-order valence-corrected chi connectivity index (χ3v) is 3.41. The minimum atomic E-state index is -0.253. The van der Waals surface area contributed by atoms with E-state index in [9.17, 15) is 4.79 Å². The van der Waals surface area contributed by atoms with Gasteiger partial charge >= 0.3 is 0 Å². The van der Waals surface area contributed by atoms with E-state index in [0.717, 1.165) is 5.56 Å². The summed E-state index contributed by atoms with van der Waals surface area (Å²) in [6.45, 7) is 0.312. The summed E-state index contributed by atoms with van der Waals surface area (Å²) in [5, 5.41) is 0.530. The van der Waals surface area contributed by atoms with Crippen LogP contribution in [0.25, 0.3) is 0 Å². The number of nitrogens with one attached hydrogen (secondary N) is 1. The Labute approximate surface area is 121 Å². The molecule has 2 aromatic rings. The monoisotopic (exact) mass is 377 g/mol. The third kappa shape index (κ3) is 2.82. The molecule has 0 saturated heterocycles. The second kappa shape index (κ2) is 5.68. The first-order chi connectivity index (χ1) is 8.61. The minimum Gasteiger partial charge on any atom is -0.437 e. The van der Waals surface area contributed by atoms with E-state index < -0.39 is 0 Å². The number of aromatic nitrogens is 2. The lowest BCUT2D eigenvalue weighted by Crippen LogP contribution is -2.11. The summed E-state index contributed by atoms with van der Waals surface area (Å²) < 4.78 is 5.96. The summed E-state index contributed by atoms with van der Waals surface area (Å²) in [7, 11) is 0. The predicted molar refractivity (Wildman–Crippen MR) is 77.0 cm³/mol. The molecule has 2 rings (SSSR count). The summed E-state index contributed by atoms with van der Waals surface area (Å²) in [5.74, 6) is 0.734. The second-order valence-corrected chi connectivity index (χ2v) is 4.92. The molecule has 3 N–H and O–H groups in total. The largest absolute Gasteiger partial charge is 0.437 e. The fourth-order valence-electron chi connectivity index (χ4n) is 1.33. The Hall–Kier alpha value is -1.12. The molecule has 0 fully saturated rings. The Morgan fingerprint density at radius 2 is 2.28 bits per heavy atom. The van der Waals surface area contributed by atoms with Crippen molar-refractivity contribution in [3.63, 3.8) is 0 Å². The topological polar surface area (TPSA) is 81.0 Å². The van der Waals surface area contributed by atoms with Crippen LogP contribution in [0.2, 0.25) is 5.02 Å². The van der Waals surface area contributed by atoms with Crippen molar-refractivity contribution in [3.8, 4) is 11.6 Å². The van der Waals surface area contributed by atoms with Gasteiger partial charge in [-0.2, -0.15) is 0 Å². The van der Waals surface area contributed by atoms with E-state index in [1.54, 1.807) is 18.2 Å². The Morgan fingerprint density at radius 1 is 1.50 bits per heavy atom. The van der Waals surface area contributed by atoms with Gasteiger partial charge in [-0.25, -0.2) is 4.98 Å². The molecular formula is C11H9ClIN3O2. The Bertz CT molecular complexity index is 630. The van der Waals surface area contributed by atoms with Gasteiger partial charge < -0.3 is 15.5 Å². The molecule has 0 saturated carbocycles. The van der Waals surface area contributed by atoms with Crippen LogP contribution in [-0.2, 0) is 6.54 Å². The molecule has 1 aromatic heterocycles. The van der Waals surface area contributed by atoms with E-state index in [1.165, 1.54) is 6.33 Å². The van der Waals surface area contributed by atoms with Crippen molar-refractivity contribution in [2.75, 3.05) is 0 Å². The molecule has 18 heavy (non-hydrogen) atoms. The number of aromatic amines is 1. The maximum atomic E-state index is 11.4. The molecule has 1 aromatic carbocycles. The van der Waals surface area contributed by atoms with Gasteiger partial charge in [0.25, 0.3) is 5.56 Å². The van der Waals surface area contributed by atoms with Gasteiger partial charge in [-0.3, -0.25) is 4.79 Å². The van der Waals surface area contributed by atoms with Gasteiger partial charge in [-0.15, -0.1) is 0 Å². The molecule has 0 aliphatic rings. The maximum Gasteiger partial charge on any atom is 0.268 e. The molecule has 0 unspecified atom stereocenters. The van der Waals surface area contributed by atoms with Crippen LogP contribution in [0.5, 0.6) is 11.6 Å². The van der Waals surface area contributed by atoms with Gasteiger partial charge in [0.05, 0.1) is 6.33 Å². The fourth-order valence-corrected chi connectivity index (χ4v) is 1.90. The molecule has 7 heteroatoms. The summed E-state index contributed by atoms with van der Waals surface area (Å²) in [6, 6.07) is 5.15. The van der Waals surface area contributed by atoms with Crippen molar-refractivity contribution in [2.24, 2.45) is 5.73 Å². The van der Waals surface area contributed by atoms with Crippen LogP contribution >= 0.6 is 34.2 Å². The first-order valence-corrected chi connectivity index (χ1v) is 6.47. The van der Waals surface area contributed by atoms with Gasteiger partial charge in [0, 0.05) is 17.1 Å². The number of benzene rings is 1. The van der Waals surface area contributed by atoms with Gasteiger partial charge in [-0.05, 0) is 34.7 Å². The first kappa shape index (κ1) is 13.3. The zero-order chi connectivity index (χ0) is 13.1. The van der Waals surface area contributed by atoms with Crippen LogP contribution in [-0.4, -0.2) is 9.97 Å². The van der Waals surface area contributed by atoms with Crippen molar-refractivity contribution in [2.45, 2.75) is 6.54 Å². The molecule has 0 amide bonds. The van der Waals surface area contributed by atoms with E-state index in [2.05, 4.69) is 9.97 Å². The van der Waals surface area contributed by atoms with E-state index in [1.807, 2.05) is 22.6 Å². The number of ether oxygens (including phenoxy) is 1. The molecule has 0 aliphatic heterocycles. The number of halogens is 2. The van der Waals surface area contributed by atoms with Crippen molar-refractivity contribution in [1.82, 2.24) is 9.97 Å². The SMILES string of the molecule is NCc1ccc(Cl)cc1Oc1nc[nH]c(=O)c1I. The summed E-state index contributed by atoms with van der Waals surface area (Å²) in [5.41, 5.74) is 6.15. The highest BCUT2D eigenvalue weighted by molar-refractivity contribution is 14.1. The average molecular weight is 378 g/mol. The fraction of sp³-hybridized carbons (Fsp3) is 0.0909. The van der Waals surface area contributed by atoms with Crippen molar-refractivity contribution >= 4 is 34.2 Å². The number of nitrogens with two attached hydrogens (primary N) is 1. The summed E-state index contributed by atoms with van der Waals surface area (Å²) >= 11 is 7.77. The Kier molecular flexibility index (Phi) is 4.20. The number of nitrogens with zero attached hydrogens (tertiary/aromatic N) is 1. The Morgan fingerprint density at radius 3 is 3.00 bits per heavy atom. The Balaban J connectivity index is 2.42. The van der Waals surface area contributed by atoms with E-state index in [4.69, 9.17) is 22.1 Å². The molecule has 0 radical (unpaired) electrons. The van der Waals surface area contributed by atoms with Gasteiger partial charge in [0.15, 0.2) is 0 Å². The highest BCUT2D eigenvalue weighted by atomic mass is 127. The van der Waals surface area contributed by atoms with Crippen LogP contribution in [0.15, 0.2) is 29.3 Å². The van der Waals surface area contributed by atoms with Gasteiger partial charge in [0.1, 0.15) is 9.32 Å². The minimum absolute atomic E-state index is 0.233. The number of rotatable bonds is 3. The lowest BCUT2D eigenvalue weighted by Gasteiger charge is -2.10. The lowest BCUT2D eigenvalue weighted by molar-refractivity contribution is 0.451. The van der Waals surface area contributed by atoms with Crippen molar-refractivity contribution in [1.29, 1.82) is 0 Å². The predicted octanol–water partition coefficient (Wildman–Crippen LogP) is 2.28. The maximum absolute atomic E-state index is 11.4. The molecule has 5 nitrogen and oxygen atoms in total. The molecule has 0 atom stereocenters. The first-order valence-electron chi connectivity index (χ1n) is 5.01. The van der Waals surface area contributed by atoms with Crippen molar-refractivity contribution < 1.29 is 4.74 Å². The van der Waals surface area contributed by atoms with Crippen LogP contribution < -0.4 is 16.0 Å². The van der Waals surface area contributed by atoms with E-state index in [-0.39, 0.29) is 11.4 Å². The average Bonchev–Trinajstić information content (AvgIpc) is 2.35. The summed E-state index contributed by atoms with van der Waals surface area (Å²) in [4.78, 5) is 17.8. The van der Waals surface area contributed by atoms with E-state index >= 15 is 0 Å². The molecule has 0 spiro atoms. The van der Waals surface area contributed by atoms with Crippen LogP contribution in [0.3, 0.4) is 0 Å². The van der Waals surface area contributed by atoms with Crippen LogP contribution in [0.4, 0.5) is 0 Å². The van der Waals surface area contributed by atoms with Gasteiger partial charge in [0.2, 0.25) is 5.88 Å². The molecule has 94 valence electrons. The smallest absolute Gasteiger partial charge is 0.268 e. The quantitative estimate of drug-likeness (QED) is 0.804. The van der Waals surface area contributed by atoms with Crippen molar-refractivity contribution in [3.05, 3.63) is 49.0 Å². The molecule has 1 heterocycles. The van der Waals surface area contributed by atoms with Crippen LogP contribution in [0, 0.1) is 3.57 Å². The van der Waals surface area contributed by atoms with Gasteiger partial charge in [-0.1, -0.05) is 17.7 Å². The zero-order valence-corrected chi connectivity index (χ0v) is 12.0.